The standard InChI is InChI=1S/C26H25N7O3/c1-16-5-6-20(30-24(34)17-7-8-28-22(10-17)25(2,3)31-35)11-21(16)19-9-18(12-27)23(29-13-19)33-14-26(4,15-33)32-36/h5-11,13H,14-15H2,1-4H3,(H,30,34). The Hall–Kier alpha value is -4.52. The molecule has 182 valence electrons. The molecule has 1 N–H and O–H groups in total. The molecule has 0 unspecified atom stereocenters. The van der Waals surface area contributed by atoms with Gasteiger partial charge in [-0.25, -0.2) is 4.98 Å². The first-order valence-corrected chi connectivity index (χ1v) is 11.3. The summed E-state index contributed by atoms with van der Waals surface area (Å²) >= 11 is 0. The highest BCUT2D eigenvalue weighted by atomic mass is 16.3. The van der Waals surface area contributed by atoms with Crippen molar-refractivity contribution in [2.24, 2.45) is 10.4 Å². The number of amides is 1. The van der Waals surface area contributed by atoms with Crippen LogP contribution in [0.5, 0.6) is 0 Å². The van der Waals surface area contributed by atoms with Gasteiger partial charge in [-0.2, -0.15) is 10.2 Å². The molecule has 3 aromatic rings. The highest BCUT2D eigenvalue weighted by Gasteiger charge is 2.42. The van der Waals surface area contributed by atoms with Gasteiger partial charge in [0.1, 0.15) is 23.0 Å². The average molecular weight is 484 g/mol. The van der Waals surface area contributed by atoms with Crippen LogP contribution >= 0.6 is 0 Å². The second-order valence-corrected chi connectivity index (χ2v) is 9.72. The molecule has 1 aliphatic rings. The van der Waals surface area contributed by atoms with E-state index in [9.17, 15) is 19.9 Å². The smallest absolute Gasteiger partial charge is 0.255 e. The van der Waals surface area contributed by atoms with Crippen molar-refractivity contribution in [3.8, 4) is 17.2 Å². The van der Waals surface area contributed by atoms with E-state index in [2.05, 4.69) is 31.7 Å². The zero-order valence-corrected chi connectivity index (χ0v) is 20.4. The highest BCUT2D eigenvalue weighted by Crippen LogP contribution is 2.34. The summed E-state index contributed by atoms with van der Waals surface area (Å²) in [5.41, 5.74) is 2.47. The van der Waals surface area contributed by atoms with Crippen molar-refractivity contribution in [2.75, 3.05) is 23.3 Å². The molecule has 10 heteroatoms. The minimum absolute atomic E-state index is 0.350. The van der Waals surface area contributed by atoms with Gasteiger partial charge in [-0.05, 0) is 69.2 Å². The first kappa shape index (κ1) is 24.6. The Balaban J connectivity index is 1.59. The third-order valence-corrected chi connectivity index (χ3v) is 6.25. The van der Waals surface area contributed by atoms with Crippen LogP contribution in [0.15, 0.2) is 59.1 Å². The summed E-state index contributed by atoms with van der Waals surface area (Å²) in [6.45, 7) is 7.79. The molecule has 0 spiro atoms. The van der Waals surface area contributed by atoms with Gasteiger partial charge in [0, 0.05) is 42.3 Å². The molecule has 4 rings (SSSR count). The quantitative estimate of drug-likeness (QED) is 0.470. The van der Waals surface area contributed by atoms with E-state index >= 15 is 0 Å². The summed E-state index contributed by atoms with van der Waals surface area (Å²) in [4.78, 5) is 45.5. The third kappa shape index (κ3) is 4.68. The number of benzene rings is 1. The van der Waals surface area contributed by atoms with Gasteiger partial charge in [0.2, 0.25) is 0 Å². The van der Waals surface area contributed by atoms with E-state index < -0.39 is 11.1 Å². The Bertz CT molecular complexity index is 1400. The molecule has 1 amide bonds. The van der Waals surface area contributed by atoms with E-state index in [4.69, 9.17) is 0 Å². The second kappa shape index (κ2) is 9.26. The first-order chi connectivity index (χ1) is 17.1. The number of aryl methyl sites for hydroxylation is 1. The monoisotopic (exact) mass is 483 g/mol. The molecular formula is C26H25N7O3. The zero-order chi connectivity index (χ0) is 26.1. The maximum Gasteiger partial charge on any atom is 0.255 e. The highest BCUT2D eigenvalue weighted by molar-refractivity contribution is 6.04. The van der Waals surface area contributed by atoms with Crippen LogP contribution in [-0.4, -0.2) is 34.5 Å². The summed E-state index contributed by atoms with van der Waals surface area (Å²) in [6, 6.07) is 12.5. The molecule has 36 heavy (non-hydrogen) atoms. The molecule has 0 radical (unpaired) electrons. The lowest BCUT2D eigenvalue weighted by Crippen LogP contribution is -2.59. The van der Waals surface area contributed by atoms with Crippen molar-refractivity contribution >= 4 is 17.4 Å². The normalized spacial score (nSPS) is 14.4. The van der Waals surface area contributed by atoms with Crippen LogP contribution in [0.1, 0.15) is 48.0 Å². The predicted molar refractivity (Wildman–Crippen MR) is 137 cm³/mol. The molecule has 1 saturated heterocycles. The van der Waals surface area contributed by atoms with E-state index in [1.807, 2.05) is 24.0 Å². The van der Waals surface area contributed by atoms with Crippen LogP contribution in [-0.2, 0) is 5.54 Å². The summed E-state index contributed by atoms with van der Waals surface area (Å²) in [7, 11) is 0. The molecule has 10 nitrogen and oxygen atoms in total. The van der Waals surface area contributed by atoms with Crippen molar-refractivity contribution in [3.05, 3.63) is 81.0 Å². The number of nitrogens with zero attached hydrogens (tertiary/aromatic N) is 6. The summed E-state index contributed by atoms with van der Waals surface area (Å²) in [6.07, 6.45) is 3.15. The van der Waals surface area contributed by atoms with Crippen molar-refractivity contribution in [2.45, 2.75) is 38.8 Å². The third-order valence-electron chi connectivity index (χ3n) is 6.25. The molecule has 1 aliphatic heterocycles. The Morgan fingerprint density at radius 1 is 1.17 bits per heavy atom. The van der Waals surface area contributed by atoms with Gasteiger partial charge in [0.05, 0.1) is 11.3 Å². The fraction of sp³-hybridized carbons (Fsp3) is 0.308. The van der Waals surface area contributed by atoms with Crippen LogP contribution in [0.2, 0.25) is 0 Å². The number of hydrogen-bond donors (Lipinski definition) is 1. The van der Waals surface area contributed by atoms with Crippen LogP contribution in [0.4, 0.5) is 11.5 Å². The molecule has 3 heterocycles. The SMILES string of the molecule is Cc1ccc(NC(=O)c2ccnc(C(C)(C)N=O)c2)cc1-c1cnc(N2CC(C)(N=O)C2)c(C#N)c1. The minimum atomic E-state index is -1.05. The Kier molecular flexibility index (Phi) is 6.33. The van der Waals surface area contributed by atoms with E-state index in [-0.39, 0.29) is 5.91 Å². The lowest BCUT2D eigenvalue weighted by molar-refractivity contribution is 0.102. The number of nitriles is 1. The van der Waals surface area contributed by atoms with Crippen LogP contribution in [0, 0.1) is 28.1 Å². The topological polar surface area (TPSA) is 141 Å². The number of carbonyl (C=O) groups is 1. The van der Waals surface area contributed by atoms with Crippen molar-refractivity contribution in [1.29, 1.82) is 5.26 Å². The van der Waals surface area contributed by atoms with Crippen molar-refractivity contribution in [1.82, 2.24) is 9.97 Å². The number of nitroso groups, excluding NO2 is 2. The molecule has 2 aromatic heterocycles. The Morgan fingerprint density at radius 3 is 2.58 bits per heavy atom. The first-order valence-electron chi connectivity index (χ1n) is 11.3. The van der Waals surface area contributed by atoms with E-state index in [0.29, 0.717) is 41.4 Å². The van der Waals surface area contributed by atoms with Gasteiger partial charge in [0.25, 0.3) is 5.91 Å². The Labute approximate surface area is 208 Å². The molecular weight excluding hydrogens is 458 g/mol. The minimum Gasteiger partial charge on any atom is -0.350 e. The van der Waals surface area contributed by atoms with E-state index in [0.717, 1.165) is 16.7 Å². The molecule has 1 aromatic carbocycles. The Morgan fingerprint density at radius 2 is 1.92 bits per heavy atom. The van der Waals surface area contributed by atoms with Gasteiger partial charge in [0.15, 0.2) is 0 Å². The van der Waals surface area contributed by atoms with Crippen LogP contribution in [0.3, 0.4) is 0 Å². The number of aromatic nitrogens is 2. The number of rotatable bonds is 7. The average Bonchev–Trinajstić information content (AvgIpc) is 2.87. The van der Waals surface area contributed by atoms with Crippen molar-refractivity contribution in [3.63, 3.8) is 0 Å². The number of anilines is 2. The molecule has 0 saturated carbocycles. The van der Waals surface area contributed by atoms with Crippen LogP contribution in [0.25, 0.3) is 11.1 Å². The second-order valence-electron chi connectivity index (χ2n) is 9.72. The van der Waals surface area contributed by atoms with E-state index in [1.54, 1.807) is 51.2 Å². The van der Waals surface area contributed by atoms with Crippen molar-refractivity contribution < 1.29 is 4.79 Å². The maximum absolute atomic E-state index is 12.9. The lowest BCUT2D eigenvalue weighted by Gasteiger charge is -2.43. The number of pyridine rings is 2. The van der Waals surface area contributed by atoms with Crippen LogP contribution < -0.4 is 10.2 Å². The summed E-state index contributed by atoms with van der Waals surface area (Å²) < 4.78 is 0. The molecule has 0 bridgehead atoms. The van der Waals surface area contributed by atoms with Gasteiger partial charge >= 0.3 is 0 Å². The summed E-state index contributed by atoms with van der Waals surface area (Å²) in [5.74, 6) is 0.164. The number of carbonyl (C=O) groups excluding carboxylic acids is 1. The largest absolute Gasteiger partial charge is 0.350 e. The number of hydrogen-bond acceptors (Lipinski definition) is 9. The van der Waals surface area contributed by atoms with E-state index in [1.165, 1.54) is 6.20 Å². The molecule has 1 fully saturated rings. The van der Waals surface area contributed by atoms with Gasteiger partial charge < -0.3 is 10.2 Å². The van der Waals surface area contributed by atoms with Gasteiger partial charge in [-0.15, -0.1) is 4.91 Å². The summed E-state index contributed by atoms with van der Waals surface area (Å²) in [5, 5.41) is 18.8. The fourth-order valence-electron chi connectivity index (χ4n) is 4.09. The lowest BCUT2D eigenvalue weighted by atomic mass is 9.92. The molecule has 0 aliphatic carbocycles. The predicted octanol–water partition coefficient (Wildman–Crippen LogP) is 4.92. The van der Waals surface area contributed by atoms with Gasteiger partial charge in [-0.1, -0.05) is 16.4 Å². The number of nitrogens with one attached hydrogen (secondary N) is 1. The maximum atomic E-state index is 12.9. The fourth-order valence-corrected chi connectivity index (χ4v) is 4.09. The van der Waals surface area contributed by atoms with Gasteiger partial charge in [-0.3, -0.25) is 9.78 Å². The molecule has 0 atom stereocenters. The zero-order valence-electron chi connectivity index (χ0n) is 20.4.